The molecule has 4 aromatic rings. The van der Waals surface area contributed by atoms with Gasteiger partial charge in [0.05, 0.1) is 42.2 Å². The third-order valence-electron chi connectivity index (χ3n) is 6.61. The number of aliphatic carboxylic acids is 1. The molecule has 0 atom stereocenters. The van der Waals surface area contributed by atoms with E-state index in [-0.39, 0.29) is 6.42 Å². The number of methoxy groups -OCH3 is 1. The Kier molecular flexibility index (Phi) is 5.44. The van der Waals surface area contributed by atoms with Gasteiger partial charge in [0.2, 0.25) is 5.95 Å². The van der Waals surface area contributed by atoms with Crippen LogP contribution in [-0.2, 0) is 17.8 Å². The first kappa shape index (κ1) is 22.2. The van der Waals surface area contributed by atoms with E-state index in [9.17, 15) is 9.90 Å². The fourth-order valence-electron chi connectivity index (χ4n) is 4.93. The molecular formula is C26H25ClN4O3. The molecule has 3 heterocycles. The van der Waals surface area contributed by atoms with E-state index in [4.69, 9.17) is 16.3 Å². The largest absolute Gasteiger partial charge is 0.494 e. The zero-order valence-electron chi connectivity index (χ0n) is 19.5. The van der Waals surface area contributed by atoms with Crippen LogP contribution in [0, 0.1) is 20.8 Å². The number of aryl methyl sites for hydroxylation is 1. The average Bonchev–Trinajstić information content (AvgIpc) is 3.08. The Morgan fingerprint density at radius 1 is 1.12 bits per heavy atom. The molecule has 7 nitrogen and oxygen atoms in total. The number of rotatable bonds is 5. The molecule has 1 N–H and O–H groups in total. The van der Waals surface area contributed by atoms with Gasteiger partial charge >= 0.3 is 5.97 Å². The quantitative estimate of drug-likeness (QED) is 0.411. The zero-order chi connectivity index (χ0) is 24.1. The van der Waals surface area contributed by atoms with E-state index in [0.717, 1.165) is 50.1 Å². The van der Waals surface area contributed by atoms with E-state index in [1.807, 2.05) is 45.0 Å². The topological polar surface area (TPSA) is 80.5 Å². The zero-order valence-corrected chi connectivity index (χ0v) is 20.3. The van der Waals surface area contributed by atoms with Crippen LogP contribution in [0.2, 0.25) is 5.02 Å². The van der Waals surface area contributed by atoms with Crippen LogP contribution in [0.4, 0.5) is 11.6 Å². The van der Waals surface area contributed by atoms with E-state index < -0.39 is 5.97 Å². The first-order valence-corrected chi connectivity index (χ1v) is 11.5. The van der Waals surface area contributed by atoms with Gasteiger partial charge < -0.3 is 19.3 Å². The molecule has 1 aliphatic heterocycles. The Bertz CT molecular complexity index is 1430. The molecule has 1 aliphatic rings. The minimum atomic E-state index is -0.890. The summed E-state index contributed by atoms with van der Waals surface area (Å²) in [4.78, 5) is 23.1. The Labute approximate surface area is 202 Å². The van der Waals surface area contributed by atoms with Gasteiger partial charge in [0, 0.05) is 24.2 Å². The van der Waals surface area contributed by atoms with E-state index in [1.54, 1.807) is 19.5 Å². The van der Waals surface area contributed by atoms with Crippen LogP contribution in [-0.4, -0.2) is 39.3 Å². The molecule has 2 aromatic carbocycles. The van der Waals surface area contributed by atoms with Crippen molar-refractivity contribution < 1.29 is 14.6 Å². The number of carboxylic acid groups (broad SMARTS) is 1. The number of ether oxygens (including phenoxy) is 1. The van der Waals surface area contributed by atoms with Gasteiger partial charge in [-0.15, -0.1) is 0 Å². The Morgan fingerprint density at radius 2 is 1.79 bits per heavy atom. The number of halogens is 1. The lowest BCUT2D eigenvalue weighted by atomic mass is 9.88. The molecule has 0 radical (unpaired) electrons. The highest BCUT2D eigenvalue weighted by molar-refractivity contribution is 6.38. The van der Waals surface area contributed by atoms with E-state index in [2.05, 4.69) is 19.4 Å². The molecule has 0 fully saturated rings. The maximum absolute atomic E-state index is 12.0. The number of carbonyl (C=O) groups is 1. The van der Waals surface area contributed by atoms with E-state index in [1.165, 1.54) is 0 Å². The summed E-state index contributed by atoms with van der Waals surface area (Å²) in [5, 5.41) is 11.4. The van der Waals surface area contributed by atoms with Gasteiger partial charge in [0.15, 0.2) is 5.75 Å². The van der Waals surface area contributed by atoms with E-state index >= 15 is 0 Å². The molecule has 0 unspecified atom stereocenters. The summed E-state index contributed by atoms with van der Waals surface area (Å²) in [6.45, 7) is 7.37. The standard InChI is InChI=1S/C26H25ClN4O3/c1-14-5-7-17(8-6-14)21-19(11-20(32)33)15(2)24-25-22(21)23(27)16(3)30(25)9-10-31(24)26-28-12-18(34-4)13-29-26/h5-8,12-13H,9-11H2,1-4H3,(H,32,33). The number of aromatic nitrogens is 3. The normalized spacial score (nSPS) is 12.9. The molecule has 0 bridgehead atoms. The molecule has 0 saturated heterocycles. The van der Waals surface area contributed by atoms with Gasteiger partial charge in [-0.05, 0) is 43.0 Å². The molecule has 0 amide bonds. The lowest BCUT2D eigenvalue weighted by Crippen LogP contribution is -2.30. The van der Waals surface area contributed by atoms with Crippen LogP contribution < -0.4 is 9.64 Å². The second-order valence-corrected chi connectivity index (χ2v) is 8.99. The molecule has 174 valence electrons. The van der Waals surface area contributed by atoms with Crippen molar-refractivity contribution in [2.75, 3.05) is 18.6 Å². The second kappa shape index (κ2) is 8.33. The number of hydrogen-bond donors (Lipinski definition) is 1. The van der Waals surface area contributed by atoms with Crippen molar-refractivity contribution in [2.45, 2.75) is 33.7 Å². The van der Waals surface area contributed by atoms with Gasteiger partial charge in [0.1, 0.15) is 0 Å². The summed E-state index contributed by atoms with van der Waals surface area (Å²) >= 11 is 6.97. The molecule has 0 aliphatic carbocycles. The highest BCUT2D eigenvalue weighted by Gasteiger charge is 2.32. The maximum atomic E-state index is 12.0. The number of anilines is 2. The highest BCUT2D eigenvalue weighted by Crippen LogP contribution is 2.49. The average molecular weight is 477 g/mol. The number of carboxylic acids is 1. The molecule has 0 spiro atoms. The Balaban J connectivity index is 1.87. The molecule has 2 aromatic heterocycles. The van der Waals surface area contributed by atoms with E-state index in [0.29, 0.717) is 29.8 Å². The van der Waals surface area contributed by atoms with Crippen molar-refractivity contribution in [2.24, 2.45) is 0 Å². The monoisotopic (exact) mass is 476 g/mol. The van der Waals surface area contributed by atoms with Crippen LogP contribution >= 0.6 is 11.6 Å². The van der Waals surface area contributed by atoms with Crippen molar-refractivity contribution >= 4 is 40.1 Å². The second-order valence-electron chi connectivity index (χ2n) is 8.61. The number of hydrogen-bond acceptors (Lipinski definition) is 5. The van der Waals surface area contributed by atoms with Gasteiger partial charge in [-0.3, -0.25) is 4.79 Å². The summed E-state index contributed by atoms with van der Waals surface area (Å²) in [6, 6.07) is 8.15. The molecule has 8 heteroatoms. The lowest BCUT2D eigenvalue weighted by Gasteiger charge is -2.32. The first-order valence-electron chi connectivity index (χ1n) is 11.1. The van der Waals surface area contributed by atoms with Gasteiger partial charge in [0.25, 0.3) is 0 Å². The summed E-state index contributed by atoms with van der Waals surface area (Å²) in [7, 11) is 1.58. The van der Waals surface area contributed by atoms with Crippen molar-refractivity contribution in [3.05, 3.63) is 64.1 Å². The fourth-order valence-corrected chi connectivity index (χ4v) is 5.21. The minimum Gasteiger partial charge on any atom is -0.494 e. The SMILES string of the molecule is COc1cnc(N2CCn3c(C)c(Cl)c4c(-c5ccc(C)cc5)c(CC(=O)O)c(C)c2c43)nc1. The minimum absolute atomic E-state index is 0.115. The Morgan fingerprint density at radius 3 is 2.41 bits per heavy atom. The molecule has 0 saturated carbocycles. The van der Waals surface area contributed by atoms with Gasteiger partial charge in [-0.25, -0.2) is 9.97 Å². The maximum Gasteiger partial charge on any atom is 0.307 e. The number of benzene rings is 2. The predicted octanol–water partition coefficient (Wildman–Crippen LogP) is 5.46. The van der Waals surface area contributed by atoms with Crippen molar-refractivity contribution in [3.63, 3.8) is 0 Å². The Hall–Kier alpha value is -3.58. The van der Waals surface area contributed by atoms with Crippen molar-refractivity contribution in [1.29, 1.82) is 0 Å². The summed E-state index contributed by atoms with van der Waals surface area (Å²) < 4.78 is 7.44. The van der Waals surface area contributed by atoms with Crippen LogP contribution in [0.25, 0.3) is 22.0 Å². The van der Waals surface area contributed by atoms with Crippen molar-refractivity contribution in [3.8, 4) is 16.9 Å². The summed E-state index contributed by atoms with van der Waals surface area (Å²) in [5.74, 6) is 0.223. The van der Waals surface area contributed by atoms with Gasteiger partial charge in [-0.2, -0.15) is 0 Å². The fraction of sp³-hybridized carbons (Fsp3) is 0.269. The summed E-state index contributed by atoms with van der Waals surface area (Å²) in [5.41, 5.74) is 7.45. The van der Waals surface area contributed by atoms with Gasteiger partial charge in [-0.1, -0.05) is 41.4 Å². The molecule has 5 rings (SSSR count). The molecular weight excluding hydrogens is 452 g/mol. The van der Waals surface area contributed by atoms with Crippen LogP contribution in [0.5, 0.6) is 5.75 Å². The van der Waals surface area contributed by atoms with Crippen LogP contribution in [0.15, 0.2) is 36.7 Å². The third kappa shape index (κ3) is 3.39. The van der Waals surface area contributed by atoms with Crippen LogP contribution in [0.3, 0.4) is 0 Å². The van der Waals surface area contributed by atoms with Crippen LogP contribution in [0.1, 0.15) is 22.4 Å². The smallest absolute Gasteiger partial charge is 0.307 e. The first-order chi connectivity index (χ1) is 16.3. The molecule has 34 heavy (non-hydrogen) atoms. The van der Waals surface area contributed by atoms with Crippen molar-refractivity contribution in [1.82, 2.24) is 14.5 Å². The predicted molar refractivity (Wildman–Crippen MR) is 134 cm³/mol. The summed E-state index contributed by atoms with van der Waals surface area (Å²) in [6.07, 6.45) is 3.16. The number of nitrogens with zero attached hydrogens (tertiary/aromatic N) is 4. The third-order valence-corrected chi connectivity index (χ3v) is 7.07. The highest BCUT2D eigenvalue weighted by atomic mass is 35.5. The lowest BCUT2D eigenvalue weighted by molar-refractivity contribution is -0.136.